The molecular formula is C12H20N2O2. The zero-order chi connectivity index (χ0) is 12.3. The molecule has 2 unspecified atom stereocenters. The van der Waals surface area contributed by atoms with Gasteiger partial charge in [0, 0.05) is 12.1 Å². The summed E-state index contributed by atoms with van der Waals surface area (Å²) >= 11 is 0. The Kier molecular flexibility index (Phi) is 4.29. The zero-order valence-corrected chi connectivity index (χ0v) is 10.0. The lowest BCUT2D eigenvalue weighted by Gasteiger charge is -2.20. The van der Waals surface area contributed by atoms with E-state index in [-0.39, 0.29) is 12.6 Å². The number of nitrogens with two attached hydrogens (primary N) is 2. The maximum Gasteiger partial charge on any atom is 0.124 e. The van der Waals surface area contributed by atoms with Crippen LogP contribution in [0.3, 0.4) is 0 Å². The van der Waals surface area contributed by atoms with Gasteiger partial charge in [0.05, 0.1) is 13.7 Å². The van der Waals surface area contributed by atoms with Crippen molar-refractivity contribution in [2.75, 3.05) is 13.7 Å². The summed E-state index contributed by atoms with van der Waals surface area (Å²) in [6.07, 6.45) is 0. The van der Waals surface area contributed by atoms with Gasteiger partial charge in [-0.2, -0.15) is 0 Å². The number of benzene rings is 1. The lowest BCUT2D eigenvalue weighted by atomic mass is 9.96. The lowest BCUT2D eigenvalue weighted by Crippen LogP contribution is -2.37. The van der Waals surface area contributed by atoms with E-state index in [1.165, 1.54) is 0 Å². The molecule has 0 fully saturated rings. The first kappa shape index (κ1) is 13.0. The number of aliphatic hydroxyl groups is 1. The van der Waals surface area contributed by atoms with Crippen LogP contribution in [-0.4, -0.2) is 24.9 Å². The second-order valence-corrected chi connectivity index (χ2v) is 4.06. The molecule has 90 valence electrons. The molecule has 0 spiro atoms. The number of rotatable bonds is 4. The maximum atomic E-state index is 8.98. The molecule has 0 aliphatic carbocycles. The smallest absolute Gasteiger partial charge is 0.124 e. The number of methoxy groups -OCH3 is 1. The average molecular weight is 224 g/mol. The molecule has 0 radical (unpaired) electrons. The van der Waals surface area contributed by atoms with Gasteiger partial charge in [-0.15, -0.1) is 0 Å². The molecule has 1 aromatic carbocycles. The van der Waals surface area contributed by atoms with Crippen LogP contribution in [0.15, 0.2) is 12.1 Å². The molecule has 16 heavy (non-hydrogen) atoms. The number of hydrogen-bond acceptors (Lipinski definition) is 4. The lowest BCUT2D eigenvalue weighted by molar-refractivity contribution is 0.249. The summed E-state index contributed by atoms with van der Waals surface area (Å²) < 4.78 is 5.28. The normalized spacial score (nSPS) is 14.6. The number of aryl methyl sites for hydroxylation is 2. The first-order chi connectivity index (χ1) is 7.51. The van der Waals surface area contributed by atoms with Gasteiger partial charge < -0.3 is 21.3 Å². The average Bonchev–Trinajstić information content (AvgIpc) is 2.26. The van der Waals surface area contributed by atoms with Crippen molar-refractivity contribution >= 4 is 0 Å². The van der Waals surface area contributed by atoms with Crippen LogP contribution in [0.25, 0.3) is 0 Å². The van der Waals surface area contributed by atoms with Crippen molar-refractivity contribution < 1.29 is 9.84 Å². The number of aliphatic hydroxyl groups excluding tert-OH is 1. The fourth-order valence-corrected chi connectivity index (χ4v) is 1.86. The van der Waals surface area contributed by atoms with Crippen molar-refractivity contribution in [2.24, 2.45) is 11.5 Å². The van der Waals surface area contributed by atoms with Gasteiger partial charge in [0.2, 0.25) is 0 Å². The van der Waals surface area contributed by atoms with Crippen molar-refractivity contribution in [1.82, 2.24) is 0 Å². The van der Waals surface area contributed by atoms with Gasteiger partial charge in [0.25, 0.3) is 0 Å². The Bertz CT molecular complexity index is 343. The van der Waals surface area contributed by atoms with E-state index in [2.05, 4.69) is 0 Å². The van der Waals surface area contributed by atoms with Gasteiger partial charge in [-0.3, -0.25) is 0 Å². The Morgan fingerprint density at radius 1 is 1.25 bits per heavy atom. The fourth-order valence-electron chi connectivity index (χ4n) is 1.86. The summed E-state index contributed by atoms with van der Waals surface area (Å²) in [7, 11) is 1.65. The van der Waals surface area contributed by atoms with Crippen molar-refractivity contribution in [3.8, 4) is 5.75 Å². The van der Waals surface area contributed by atoms with Crippen LogP contribution in [0.5, 0.6) is 5.75 Å². The molecule has 0 saturated carbocycles. The van der Waals surface area contributed by atoms with Gasteiger partial charge in [-0.05, 0) is 30.5 Å². The van der Waals surface area contributed by atoms with Crippen LogP contribution in [0, 0.1) is 13.8 Å². The van der Waals surface area contributed by atoms with E-state index in [1.807, 2.05) is 26.0 Å². The van der Waals surface area contributed by atoms with Crippen LogP contribution in [0.1, 0.15) is 22.7 Å². The first-order valence-electron chi connectivity index (χ1n) is 5.28. The van der Waals surface area contributed by atoms with E-state index >= 15 is 0 Å². The SMILES string of the molecule is COc1c(C)cc(C(N)C(N)CO)cc1C. The summed E-state index contributed by atoms with van der Waals surface area (Å²) in [4.78, 5) is 0. The number of hydrogen-bond donors (Lipinski definition) is 3. The largest absolute Gasteiger partial charge is 0.496 e. The van der Waals surface area contributed by atoms with Crippen molar-refractivity contribution in [3.05, 3.63) is 28.8 Å². The zero-order valence-electron chi connectivity index (χ0n) is 10.0. The third-order valence-corrected chi connectivity index (χ3v) is 2.74. The van der Waals surface area contributed by atoms with Gasteiger partial charge >= 0.3 is 0 Å². The fraction of sp³-hybridized carbons (Fsp3) is 0.500. The van der Waals surface area contributed by atoms with E-state index in [0.29, 0.717) is 0 Å². The molecule has 0 bridgehead atoms. The molecule has 0 saturated heterocycles. The molecule has 4 nitrogen and oxygen atoms in total. The van der Waals surface area contributed by atoms with Gasteiger partial charge in [-0.1, -0.05) is 12.1 Å². The Balaban J connectivity index is 3.08. The highest BCUT2D eigenvalue weighted by molar-refractivity contribution is 5.44. The second kappa shape index (κ2) is 5.30. The molecule has 5 N–H and O–H groups in total. The van der Waals surface area contributed by atoms with E-state index in [4.69, 9.17) is 21.3 Å². The van der Waals surface area contributed by atoms with Gasteiger partial charge in [-0.25, -0.2) is 0 Å². The van der Waals surface area contributed by atoms with Crippen LogP contribution >= 0.6 is 0 Å². The highest BCUT2D eigenvalue weighted by Crippen LogP contribution is 2.27. The van der Waals surface area contributed by atoms with E-state index in [9.17, 15) is 0 Å². The third-order valence-electron chi connectivity index (χ3n) is 2.74. The van der Waals surface area contributed by atoms with Gasteiger partial charge in [0.1, 0.15) is 5.75 Å². The quantitative estimate of drug-likeness (QED) is 0.700. The van der Waals surface area contributed by atoms with Crippen molar-refractivity contribution in [2.45, 2.75) is 25.9 Å². The molecule has 0 heterocycles. The molecule has 1 rings (SSSR count). The molecule has 1 aromatic rings. The van der Waals surface area contributed by atoms with E-state index in [0.717, 1.165) is 22.4 Å². The molecule has 2 atom stereocenters. The Morgan fingerprint density at radius 3 is 2.12 bits per heavy atom. The van der Waals surface area contributed by atoms with Crippen LogP contribution in [0.2, 0.25) is 0 Å². The summed E-state index contributed by atoms with van der Waals surface area (Å²) in [5, 5.41) is 8.98. The van der Waals surface area contributed by atoms with E-state index < -0.39 is 6.04 Å². The molecule has 0 amide bonds. The Morgan fingerprint density at radius 2 is 1.75 bits per heavy atom. The van der Waals surface area contributed by atoms with Crippen molar-refractivity contribution in [1.29, 1.82) is 0 Å². The Labute approximate surface area is 96.2 Å². The predicted octanol–water partition coefficient (Wildman–Crippen LogP) is 0.631. The van der Waals surface area contributed by atoms with Crippen LogP contribution in [0.4, 0.5) is 0 Å². The summed E-state index contributed by atoms with van der Waals surface area (Å²) in [5.74, 6) is 0.869. The monoisotopic (exact) mass is 224 g/mol. The topological polar surface area (TPSA) is 81.5 Å². The molecule has 0 aliphatic rings. The van der Waals surface area contributed by atoms with Crippen LogP contribution < -0.4 is 16.2 Å². The predicted molar refractivity (Wildman–Crippen MR) is 64.5 cm³/mol. The minimum atomic E-state index is -0.438. The molecular weight excluding hydrogens is 204 g/mol. The Hall–Kier alpha value is -1.10. The summed E-state index contributed by atoms with van der Waals surface area (Å²) in [5.41, 5.74) is 14.6. The van der Waals surface area contributed by atoms with Crippen LogP contribution in [-0.2, 0) is 0 Å². The highest BCUT2D eigenvalue weighted by Gasteiger charge is 2.16. The summed E-state index contributed by atoms with van der Waals surface area (Å²) in [6.45, 7) is 3.81. The van der Waals surface area contributed by atoms with E-state index in [1.54, 1.807) is 7.11 Å². The first-order valence-corrected chi connectivity index (χ1v) is 5.28. The highest BCUT2D eigenvalue weighted by atomic mass is 16.5. The minimum absolute atomic E-state index is 0.120. The standard InChI is InChI=1S/C12H20N2O2/c1-7-4-9(11(14)10(13)6-15)5-8(2)12(7)16-3/h4-5,10-11,15H,6,13-14H2,1-3H3. The maximum absolute atomic E-state index is 8.98. The molecule has 4 heteroatoms. The second-order valence-electron chi connectivity index (χ2n) is 4.06. The third kappa shape index (κ3) is 2.52. The molecule has 0 aromatic heterocycles. The number of ether oxygens (including phenoxy) is 1. The molecule has 0 aliphatic heterocycles. The van der Waals surface area contributed by atoms with Crippen molar-refractivity contribution in [3.63, 3.8) is 0 Å². The summed E-state index contributed by atoms with van der Waals surface area (Å²) in [6, 6.07) is 3.11. The minimum Gasteiger partial charge on any atom is -0.496 e. The van der Waals surface area contributed by atoms with Gasteiger partial charge in [0.15, 0.2) is 0 Å².